The predicted octanol–water partition coefficient (Wildman–Crippen LogP) is 11.8. The Kier molecular flexibility index (Phi) is 19.3. The number of sulfonamides is 1. The molecule has 0 saturated carbocycles. The number of fused-ring (bicyclic) bond motifs is 6. The number of nitrogens with zero attached hydrogens (tertiary/aromatic N) is 7. The number of anilines is 3. The Morgan fingerprint density at radius 2 is 1.56 bits per heavy atom. The second kappa shape index (κ2) is 27.5. The number of sulfone groups is 1. The fraction of sp³-hybridized carbons (Fsp3) is 0.437. The molecule has 2 aromatic heterocycles. The van der Waals surface area contributed by atoms with Crippen LogP contribution >= 0.6 is 23.4 Å². The minimum Gasteiger partial charge on any atom is -0.380 e. The molecule has 13 rings (SSSR count). The number of allylic oxidation sites excluding steroid dienone is 1. The molecule has 0 radical (unpaired) electrons. The molecule has 6 aliphatic rings. The van der Waals surface area contributed by atoms with Crippen molar-refractivity contribution in [3.63, 3.8) is 0 Å². The van der Waals surface area contributed by atoms with Crippen molar-refractivity contribution >= 4 is 106 Å². The molecule has 5 aliphatic heterocycles. The first-order chi connectivity index (χ1) is 45.5. The summed E-state index contributed by atoms with van der Waals surface area (Å²) in [7, 11) is -11.0. The zero-order chi connectivity index (χ0) is 66.4. The van der Waals surface area contributed by atoms with Crippen molar-refractivity contribution in [3.8, 4) is 0 Å². The van der Waals surface area contributed by atoms with E-state index in [1.54, 1.807) is 18.3 Å². The molecule has 7 heterocycles. The van der Waals surface area contributed by atoms with Gasteiger partial charge in [0.2, 0.25) is 11.8 Å². The first-order valence-electron chi connectivity index (χ1n) is 33.0. The van der Waals surface area contributed by atoms with Crippen LogP contribution in [0.5, 0.6) is 0 Å². The van der Waals surface area contributed by atoms with Crippen LogP contribution in [0.25, 0.3) is 27.5 Å². The predicted molar refractivity (Wildman–Crippen MR) is 368 cm³/mol. The van der Waals surface area contributed by atoms with Crippen LogP contribution in [0.4, 0.5) is 30.2 Å². The summed E-state index contributed by atoms with van der Waals surface area (Å²) in [5.74, 6) is -0.758. The Bertz CT molecular complexity index is 4310. The van der Waals surface area contributed by atoms with Gasteiger partial charge >= 0.3 is 5.51 Å². The number of alkyl halides is 3. The second-order valence-electron chi connectivity index (χ2n) is 27.2. The molecule has 1 aliphatic carbocycles. The van der Waals surface area contributed by atoms with Crippen LogP contribution in [0.1, 0.15) is 99.2 Å². The van der Waals surface area contributed by atoms with Crippen LogP contribution < -0.4 is 25.2 Å². The number of thioether (sulfide) groups is 1. The Hall–Kier alpha value is -6.99. The van der Waals surface area contributed by atoms with Crippen LogP contribution in [0, 0.1) is 11.3 Å². The molecule has 2 unspecified atom stereocenters. The molecule has 95 heavy (non-hydrogen) atoms. The lowest BCUT2D eigenvalue weighted by Crippen LogP contribution is -2.55. The van der Waals surface area contributed by atoms with Crippen LogP contribution in [-0.2, 0) is 35.9 Å². The Labute approximate surface area is 562 Å². The number of piperazine rings is 2. The van der Waals surface area contributed by atoms with Crippen molar-refractivity contribution in [1.82, 2.24) is 34.3 Å². The van der Waals surface area contributed by atoms with Gasteiger partial charge in [-0.25, -0.2) is 26.5 Å². The second-order valence-corrected chi connectivity index (χ2v) is 32.3. The molecule has 17 nitrogen and oxygen atoms in total. The van der Waals surface area contributed by atoms with Gasteiger partial charge in [-0.15, -0.1) is 11.8 Å². The van der Waals surface area contributed by atoms with Crippen LogP contribution in [0.3, 0.4) is 0 Å². The highest BCUT2D eigenvalue weighted by molar-refractivity contribution is 7.99. The van der Waals surface area contributed by atoms with Gasteiger partial charge in [0.25, 0.3) is 25.8 Å². The van der Waals surface area contributed by atoms with Gasteiger partial charge in [-0.3, -0.25) is 29.5 Å². The third-order valence-electron chi connectivity index (χ3n) is 20.2. The van der Waals surface area contributed by atoms with E-state index in [9.17, 15) is 44.4 Å². The zero-order valence-electron chi connectivity index (χ0n) is 53.4. The van der Waals surface area contributed by atoms with Crippen molar-refractivity contribution in [3.05, 3.63) is 155 Å². The van der Waals surface area contributed by atoms with Gasteiger partial charge in [0.1, 0.15) is 16.6 Å². The fourth-order valence-corrected chi connectivity index (χ4v) is 18.2. The molecule has 3 N–H and O–H groups in total. The van der Waals surface area contributed by atoms with Crippen LogP contribution in [-0.4, -0.2) is 161 Å². The Balaban J connectivity index is 0.631. The number of aromatic nitrogens is 2. The zero-order valence-corrected chi connectivity index (χ0v) is 56.6. The average molecular weight is 1370 g/mol. The molecular formula is C71H80ClF3N10O7S3. The summed E-state index contributed by atoms with van der Waals surface area (Å²) in [6, 6.07) is 34.6. The third-order valence-corrected chi connectivity index (χ3v) is 24.5. The number of aryl methyl sites for hydroxylation is 1. The molecule has 4 saturated heterocycles. The van der Waals surface area contributed by atoms with Gasteiger partial charge in [0, 0.05) is 134 Å². The highest BCUT2D eigenvalue weighted by Crippen LogP contribution is 2.45. The van der Waals surface area contributed by atoms with Gasteiger partial charge in [-0.05, 0) is 190 Å². The van der Waals surface area contributed by atoms with E-state index < -0.39 is 58.8 Å². The van der Waals surface area contributed by atoms with E-state index in [4.69, 9.17) is 11.6 Å². The summed E-state index contributed by atoms with van der Waals surface area (Å²) in [4.78, 5) is 54.6. The summed E-state index contributed by atoms with van der Waals surface area (Å²) in [5, 5.41) is 8.29. The molecule has 5 aromatic carbocycles. The minimum atomic E-state index is -6.13. The number of hydrogen-bond donors (Lipinski definition) is 3. The molecule has 3 atom stereocenters. The van der Waals surface area contributed by atoms with Crippen molar-refractivity contribution in [2.24, 2.45) is 11.3 Å². The standard InChI is InChI=1S/C71H80ClF3N10O7S3/c1-70(2)28-24-58(48-10-14-52(72)15-11-48)51(42-70)44-82-35-38-84-55(45-82)16-12-49-39-50(13-20-62(49)84)68(87)79-95(91,92)57-18-19-61(65(41-57)94(89,90)71(73,74)75)77-53(46-93-56-7-4-3-5-8-56)27-32-80-30-25-47(26-31-80)43-81-33-36-83(37-34-81)54-17-21-63-60(40-54)59-9-6-29-76-67(59)85(63)64-22-23-66(86)78-69(64)88/h3-11,13-15,17-21,29,39-41,47,53,55,64,77H,12,16,22-28,30-38,42-46H2,1-2H3,(H,79,87)(H,78,86,88)/t53-,55?,64?/m1/s1. The lowest BCUT2D eigenvalue weighted by atomic mass is 9.72. The quantitative estimate of drug-likeness (QED) is 0.0512. The van der Waals surface area contributed by atoms with Crippen LogP contribution in [0.2, 0.25) is 5.02 Å². The molecule has 3 amide bonds. The maximum atomic E-state index is 14.7. The lowest BCUT2D eigenvalue weighted by molar-refractivity contribution is -0.135. The lowest BCUT2D eigenvalue weighted by Gasteiger charge is -2.47. The number of halogens is 4. The minimum absolute atomic E-state index is 0.0483. The smallest absolute Gasteiger partial charge is 0.380 e. The fourth-order valence-electron chi connectivity index (χ4n) is 15.1. The van der Waals surface area contributed by atoms with Gasteiger partial charge in [-0.2, -0.15) is 13.2 Å². The monoisotopic (exact) mass is 1370 g/mol. The number of likely N-dealkylation sites (tertiary alicyclic amines) is 1. The number of imide groups is 1. The normalized spacial score (nSPS) is 20.8. The Morgan fingerprint density at radius 1 is 0.789 bits per heavy atom. The summed E-state index contributed by atoms with van der Waals surface area (Å²) >= 11 is 7.73. The van der Waals surface area contributed by atoms with E-state index in [-0.39, 0.29) is 35.3 Å². The van der Waals surface area contributed by atoms with E-state index in [1.165, 1.54) is 28.5 Å². The molecule has 502 valence electrons. The summed E-state index contributed by atoms with van der Waals surface area (Å²) in [6.45, 7) is 14.6. The number of carbonyl (C=O) groups excluding carboxylic acids is 3. The molecule has 0 bridgehead atoms. The SMILES string of the molecule is CC1(C)CCC(c2ccc(Cl)cc2)=C(CN2CCN3c4ccc(C(=O)NS(=O)(=O)c5ccc(N[C@H](CCN6CCC(CN7CCN(c8ccc9c(c8)c8cccnc8n9C8CCC(=O)NC8=O)CC7)CC6)CSc6ccccc6)c(S(=O)(=O)C(F)(F)F)c5)cc4CCC3C2)C1. The number of hydrogen-bond acceptors (Lipinski definition) is 15. The number of piperidine rings is 2. The molecule has 24 heteroatoms. The van der Waals surface area contributed by atoms with Gasteiger partial charge in [0.05, 0.1) is 16.1 Å². The average Bonchev–Trinajstić information content (AvgIpc) is 1.63. The summed E-state index contributed by atoms with van der Waals surface area (Å²) in [5.41, 5.74) is 2.73. The number of amides is 3. The number of benzene rings is 5. The van der Waals surface area contributed by atoms with E-state index in [0.29, 0.717) is 54.2 Å². The van der Waals surface area contributed by atoms with Gasteiger partial charge < -0.3 is 24.6 Å². The highest BCUT2D eigenvalue weighted by atomic mass is 35.5. The molecule has 7 aromatic rings. The molecular weight excluding hydrogens is 1290 g/mol. The first kappa shape index (κ1) is 66.6. The Morgan fingerprint density at radius 3 is 2.32 bits per heavy atom. The van der Waals surface area contributed by atoms with E-state index in [2.05, 4.69) is 84.3 Å². The largest absolute Gasteiger partial charge is 0.501 e. The topological polar surface area (TPSA) is 190 Å². The van der Waals surface area contributed by atoms with Gasteiger partial charge in [0.15, 0.2) is 0 Å². The first-order valence-corrected chi connectivity index (χ1v) is 37.3. The maximum absolute atomic E-state index is 14.7. The number of pyridine rings is 1. The van der Waals surface area contributed by atoms with Crippen molar-refractivity contribution < 1.29 is 44.4 Å². The van der Waals surface area contributed by atoms with Crippen molar-refractivity contribution in [1.29, 1.82) is 0 Å². The maximum Gasteiger partial charge on any atom is 0.501 e. The summed E-state index contributed by atoms with van der Waals surface area (Å²) in [6.07, 6.45) is 9.36. The third kappa shape index (κ3) is 14.7. The van der Waals surface area contributed by atoms with E-state index in [1.807, 2.05) is 70.0 Å². The van der Waals surface area contributed by atoms with Crippen LogP contribution in [0.15, 0.2) is 148 Å². The summed E-state index contributed by atoms with van der Waals surface area (Å²) < 4.78 is 103. The van der Waals surface area contributed by atoms with E-state index in [0.717, 1.165) is 161 Å². The van der Waals surface area contributed by atoms with Crippen molar-refractivity contribution in [2.75, 3.05) is 99.4 Å². The van der Waals surface area contributed by atoms with E-state index >= 15 is 0 Å². The van der Waals surface area contributed by atoms with Crippen molar-refractivity contribution in [2.45, 2.75) is 116 Å². The van der Waals surface area contributed by atoms with Gasteiger partial charge in [-0.1, -0.05) is 61.4 Å². The molecule has 4 fully saturated rings. The number of nitrogens with one attached hydrogen (secondary N) is 3. The highest BCUT2D eigenvalue weighted by Gasteiger charge is 2.49. The number of carbonyl (C=O) groups is 3. The number of rotatable bonds is 19. The molecule has 0 spiro atoms.